The van der Waals surface area contributed by atoms with Crippen LogP contribution in [0.1, 0.15) is 42.1 Å². The number of nitrogens with zero attached hydrogens (tertiary/aromatic N) is 2. The number of rotatable bonds is 6. The molecule has 1 fully saturated rings. The van der Waals surface area contributed by atoms with Crippen molar-refractivity contribution in [3.8, 4) is 0 Å². The molecule has 2 aromatic rings. The molecule has 0 aliphatic carbocycles. The number of piperidine rings is 1. The second-order valence-electron chi connectivity index (χ2n) is 7.44. The van der Waals surface area contributed by atoms with E-state index in [4.69, 9.17) is 0 Å². The van der Waals surface area contributed by atoms with E-state index < -0.39 is 23.2 Å². The van der Waals surface area contributed by atoms with Crippen molar-refractivity contribution in [1.29, 1.82) is 0 Å². The second kappa shape index (κ2) is 9.42. The molecule has 2 heterocycles. The van der Waals surface area contributed by atoms with Crippen LogP contribution >= 0.6 is 0 Å². The molecular formula is C21H25F3N4O2. The van der Waals surface area contributed by atoms with E-state index in [9.17, 15) is 22.8 Å². The fourth-order valence-electron chi connectivity index (χ4n) is 3.64. The Kier molecular flexibility index (Phi) is 6.91. The summed E-state index contributed by atoms with van der Waals surface area (Å²) < 4.78 is 41.2. The first-order chi connectivity index (χ1) is 14.3. The summed E-state index contributed by atoms with van der Waals surface area (Å²) in [6, 6.07) is 5.65. The van der Waals surface area contributed by atoms with Crippen LogP contribution in [0.3, 0.4) is 0 Å². The SMILES string of the molecule is CCCNC(=O)CN1CCC(NC(=O)c2cnc3ccccc3c2C(F)(F)F)CC1. The van der Waals surface area contributed by atoms with E-state index in [2.05, 4.69) is 15.6 Å². The van der Waals surface area contributed by atoms with Crippen LogP contribution in [0.4, 0.5) is 13.2 Å². The van der Waals surface area contributed by atoms with Crippen LogP contribution in [-0.4, -0.2) is 53.9 Å². The number of para-hydroxylation sites is 1. The number of hydrogen-bond acceptors (Lipinski definition) is 4. The number of carbonyl (C=O) groups is 2. The number of benzene rings is 1. The van der Waals surface area contributed by atoms with E-state index in [1.807, 2.05) is 11.8 Å². The van der Waals surface area contributed by atoms with Gasteiger partial charge in [0.1, 0.15) is 0 Å². The predicted molar refractivity (Wildman–Crippen MR) is 107 cm³/mol. The van der Waals surface area contributed by atoms with E-state index in [1.165, 1.54) is 18.2 Å². The molecule has 162 valence electrons. The highest BCUT2D eigenvalue weighted by molar-refractivity contribution is 6.00. The van der Waals surface area contributed by atoms with Gasteiger partial charge in [0.2, 0.25) is 5.91 Å². The molecule has 0 radical (unpaired) electrons. The van der Waals surface area contributed by atoms with Crippen molar-refractivity contribution in [1.82, 2.24) is 20.5 Å². The lowest BCUT2D eigenvalue weighted by Crippen LogP contribution is -2.47. The Balaban J connectivity index is 1.66. The Bertz CT molecular complexity index is 909. The Hall–Kier alpha value is -2.68. The summed E-state index contributed by atoms with van der Waals surface area (Å²) >= 11 is 0. The topological polar surface area (TPSA) is 74.3 Å². The predicted octanol–water partition coefficient (Wildman–Crippen LogP) is 2.97. The standard InChI is InChI=1S/C21H25F3N4O2/c1-2-9-25-18(29)13-28-10-7-14(8-11-28)27-20(30)16-12-26-17-6-4-3-5-15(17)19(16)21(22,23)24/h3-6,12,14H,2,7-11,13H2,1H3,(H,25,29)(H,27,30). The number of nitrogens with one attached hydrogen (secondary N) is 2. The molecule has 1 saturated heterocycles. The lowest BCUT2D eigenvalue weighted by molar-refractivity contribution is -0.136. The van der Waals surface area contributed by atoms with Gasteiger partial charge in [-0.05, 0) is 25.3 Å². The van der Waals surface area contributed by atoms with Crippen LogP contribution < -0.4 is 10.6 Å². The van der Waals surface area contributed by atoms with E-state index in [1.54, 1.807) is 6.07 Å². The highest BCUT2D eigenvalue weighted by Crippen LogP contribution is 2.36. The van der Waals surface area contributed by atoms with Crippen LogP contribution in [-0.2, 0) is 11.0 Å². The minimum absolute atomic E-state index is 0.0450. The van der Waals surface area contributed by atoms with E-state index >= 15 is 0 Å². The van der Waals surface area contributed by atoms with Gasteiger partial charge in [-0.15, -0.1) is 0 Å². The van der Waals surface area contributed by atoms with Gasteiger partial charge in [-0.1, -0.05) is 25.1 Å². The van der Waals surface area contributed by atoms with Crippen LogP contribution in [0.25, 0.3) is 10.9 Å². The van der Waals surface area contributed by atoms with Gasteiger partial charge in [-0.2, -0.15) is 13.2 Å². The van der Waals surface area contributed by atoms with Gasteiger partial charge < -0.3 is 10.6 Å². The number of pyridine rings is 1. The Morgan fingerprint density at radius 2 is 1.90 bits per heavy atom. The molecule has 2 N–H and O–H groups in total. The second-order valence-corrected chi connectivity index (χ2v) is 7.44. The molecule has 3 rings (SSSR count). The van der Waals surface area contributed by atoms with Crippen LogP contribution in [0.15, 0.2) is 30.5 Å². The van der Waals surface area contributed by atoms with E-state index in [-0.39, 0.29) is 29.4 Å². The van der Waals surface area contributed by atoms with Crippen molar-refractivity contribution in [3.05, 3.63) is 41.6 Å². The summed E-state index contributed by atoms with van der Waals surface area (Å²) in [4.78, 5) is 30.5. The van der Waals surface area contributed by atoms with E-state index in [0.717, 1.165) is 12.6 Å². The molecule has 0 atom stereocenters. The highest BCUT2D eigenvalue weighted by atomic mass is 19.4. The number of carbonyl (C=O) groups excluding carboxylic acids is 2. The summed E-state index contributed by atoms with van der Waals surface area (Å²) in [6.07, 6.45) is -1.69. The zero-order chi connectivity index (χ0) is 21.7. The van der Waals surface area contributed by atoms with Crippen LogP contribution in [0.5, 0.6) is 0 Å². The molecule has 0 bridgehead atoms. The zero-order valence-corrected chi connectivity index (χ0v) is 16.8. The lowest BCUT2D eigenvalue weighted by atomic mass is 10.0. The van der Waals surface area contributed by atoms with Gasteiger partial charge in [0, 0.05) is 37.3 Å². The van der Waals surface area contributed by atoms with Crippen LogP contribution in [0.2, 0.25) is 0 Å². The molecule has 2 amide bonds. The number of fused-ring (bicyclic) bond motifs is 1. The van der Waals surface area contributed by atoms with Gasteiger partial charge >= 0.3 is 6.18 Å². The number of amides is 2. The quantitative estimate of drug-likeness (QED) is 0.751. The van der Waals surface area contributed by atoms with Crippen molar-refractivity contribution < 1.29 is 22.8 Å². The van der Waals surface area contributed by atoms with Gasteiger partial charge in [0.25, 0.3) is 5.91 Å². The molecule has 1 aromatic heterocycles. The van der Waals surface area contributed by atoms with E-state index in [0.29, 0.717) is 32.5 Å². The third kappa shape index (κ3) is 5.27. The maximum absolute atomic E-state index is 13.7. The van der Waals surface area contributed by atoms with Gasteiger partial charge in [-0.25, -0.2) is 0 Å². The minimum atomic E-state index is -4.68. The molecule has 0 saturated carbocycles. The summed E-state index contributed by atoms with van der Waals surface area (Å²) in [7, 11) is 0. The highest BCUT2D eigenvalue weighted by Gasteiger charge is 2.38. The maximum Gasteiger partial charge on any atom is 0.417 e. The summed E-state index contributed by atoms with van der Waals surface area (Å²) in [6.45, 7) is 4.07. The van der Waals surface area contributed by atoms with Crippen molar-refractivity contribution in [2.45, 2.75) is 38.4 Å². The average molecular weight is 422 g/mol. The first-order valence-electron chi connectivity index (χ1n) is 10.0. The molecule has 0 spiro atoms. The third-order valence-electron chi connectivity index (χ3n) is 5.17. The minimum Gasteiger partial charge on any atom is -0.355 e. The Morgan fingerprint density at radius 1 is 1.20 bits per heavy atom. The van der Waals surface area contributed by atoms with Crippen molar-refractivity contribution in [2.75, 3.05) is 26.2 Å². The summed E-state index contributed by atoms with van der Waals surface area (Å²) in [5, 5.41) is 5.44. The molecule has 1 aliphatic rings. The number of alkyl halides is 3. The summed E-state index contributed by atoms with van der Waals surface area (Å²) in [5.41, 5.74) is -1.24. The first kappa shape index (κ1) is 22.0. The van der Waals surface area contributed by atoms with Gasteiger partial charge in [-0.3, -0.25) is 19.5 Å². The molecular weight excluding hydrogens is 397 g/mol. The van der Waals surface area contributed by atoms with Crippen molar-refractivity contribution in [2.24, 2.45) is 0 Å². The number of hydrogen-bond donors (Lipinski definition) is 2. The molecule has 1 aromatic carbocycles. The van der Waals surface area contributed by atoms with Gasteiger partial charge in [0.05, 0.1) is 23.2 Å². The fourth-order valence-corrected chi connectivity index (χ4v) is 3.64. The molecule has 6 nitrogen and oxygen atoms in total. The smallest absolute Gasteiger partial charge is 0.355 e. The summed E-state index contributed by atoms with van der Waals surface area (Å²) in [5.74, 6) is -0.823. The largest absolute Gasteiger partial charge is 0.417 e. The Labute approximate surface area is 172 Å². The number of halogens is 3. The first-order valence-corrected chi connectivity index (χ1v) is 10.0. The zero-order valence-electron chi connectivity index (χ0n) is 16.8. The fraction of sp³-hybridized carbons (Fsp3) is 0.476. The number of likely N-dealkylation sites (tertiary alicyclic amines) is 1. The monoisotopic (exact) mass is 422 g/mol. The average Bonchev–Trinajstić information content (AvgIpc) is 2.72. The maximum atomic E-state index is 13.7. The lowest BCUT2D eigenvalue weighted by Gasteiger charge is -2.32. The number of aromatic nitrogens is 1. The molecule has 9 heteroatoms. The van der Waals surface area contributed by atoms with Crippen molar-refractivity contribution in [3.63, 3.8) is 0 Å². The normalized spacial score (nSPS) is 15.9. The van der Waals surface area contributed by atoms with Crippen molar-refractivity contribution >= 4 is 22.7 Å². The third-order valence-corrected chi connectivity index (χ3v) is 5.17. The van der Waals surface area contributed by atoms with Gasteiger partial charge in [0.15, 0.2) is 0 Å². The molecule has 30 heavy (non-hydrogen) atoms. The van der Waals surface area contributed by atoms with Crippen LogP contribution in [0, 0.1) is 0 Å². The Morgan fingerprint density at radius 3 is 2.57 bits per heavy atom. The molecule has 0 unspecified atom stereocenters. The molecule has 1 aliphatic heterocycles.